The number of ether oxygens (including phenoxy) is 2. The molecule has 0 N–H and O–H groups in total. The van der Waals surface area contributed by atoms with Gasteiger partial charge in [-0.3, -0.25) is 0 Å². The number of rotatable bonds is 5. The molecule has 0 radical (unpaired) electrons. The van der Waals surface area contributed by atoms with Gasteiger partial charge in [0.15, 0.2) is 0 Å². The number of carbonyl (C=O) groups excluding carboxylic acids is 1. The monoisotopic (exact) mass is 301 g/mol. The second-order valence-electron chi connectivity index (χ2n) is 6.87. The summed E-state index contributed by atoms with van der Waals surface area (Å²) in [5.74, 6) is 0.617. The zero-order valence-electron chi connectivity index (χ0n) is 13.5. The van der Waals surface area contributed by atoms with Crippen LogP contribution < -0.4 is 0 Å². The van der Waals surface area contributed by atoms with E-state index in [1.807, 2.05) is 0 Å². The van der Waals surface area contributed by atoms with Crippen LogP contribution >= 0.6 is 0 Å². The number of nitriles is 1. The Kier molecular flexibility index (Phi) is 3.36. The smallest absolute Gasteiger partial charge is 0.333 e. The third kappa shape index (κ3) is 1.60. The molecule has 4 nitrogen and oxygen atoms in total. The van der Waals surface area contributed by atoms with Gasteiger partial charge in [-0.25, -0.2) is 4.79 Å². The van der Waals surface area contributed by atoms with Crippen LogP contribution in [0.25, 0.3) is 0 Å². The van der Waals surface area contributed by atoms with Crippen LogP contribution in [-0.4, -0.2) is 18.2 Å². The molecule has 1 heterocycles. The molecule has 0 bridgehead atoms. The molecule has 0 aromatic carbocycles. The Balaban J connectivity index is 1.88. The summed E-state index contributed by atoms with van der Waals surface area (Å²) in [7, 11) is 0. The minimum Gasteiger partial charge on any atom is -0.489 e. The van der Waals surface area contributed by atoms with Crippen molar-refractivity contribution in [2.45, 2.75) is 58.7 Å². The summed E-state index contributed by atoms with van der Waals surface area (Å²) >= 11 is 0. The summed E-state index contributed by atoms with van der Waals surface area (Å²) in [5, 5.41) is 9.73. The summed E-state index contributed by atoms with van der Waals surface area (Å²) in [6, 6.07) is 2.50. The molecule has 5 atom stereocenters. The SMILES string of the molecule is C=C(C)C(=O)OC1C2O/C(=C/CCC)C3(C#N)CC1(CC)C23. The molecular weight excluding hydrogens is 278 g/mol. The number of allylic oxidation sites excluding steroid dienone is 2. The zero-order valence-corrected chi connectivity index (χ0v) is 13.5. The van der Waals surface area contributed by atoms with Gasteiger partial charge in [0, 0.05) is 16.9 Å². The minimum atomic E-state index is -0.484. The van der Waals surface area contributed by atoms with E-state index in [9.17, 15) is 10.1 Å². The first kappa shape index (κ1) is 15.1. The zero-order chi connectivity index (χ0) is 16.1. The van der Waals surface area contributed by atoms with E-state index < -0.39 is 5.41 Å². The molecule has 1 saturated heterocycles. The van der Waals surface area contributed by atoms with Gasteiger partial charge in [-0.15, -0.1) is 0 Å². The van der Waals surface area contributed by atoms with Crippen LogP contribution in [0.1, 0.15) is 46.5 Å². The summed E-state index contributed by atoms with van der Waals surface area (Å²) in [4.78, 5) is 11.9. The second-order valence-corrected chi connectivity index (χ2v) is 6.87. The summed E-state index contributed by atoms with van der Waals surface area (Å²) in [5.41, 5.74) is -0.171. The topological polar surface area (TPSA) is 59.3 Å². The standard InChI is InChI=1S/C18H23NO3/c1-5-7-8-12-18(10-19)9-17(6-2)14(18)13(21-12)15(17)22-16(20)11(3)4/h8,13-15H,3,5-7,9H2,1-2,4H3/b12-8+. The first-order valence-corrected chi connectivity index (χ1v) is 8.12. The van der Waals surface area contributed by atoms with Crippen molar-refractivity contribution in [2.75, 3.05) is 0 Å². The molecule has 0 aromatic rings. The molecule has 3 aliphatic rings. The first-order chi connectivity index (χ1) is 10.5. The minimum absolute atomic E-state index is 0.0900. The van der Waals surface area contributed by atoms with Crippen LogP contribution in [0.2, 0.25) is 0 Å². The molecule has 1 aliphatic heterocycles. The van der Waals surface area contributed by atoms with Gasteiger partial charge >= 0.3 is 5.97 Å². The lowest BCUT2D eigenvalue weighted by molar-refractivity contribution is -0.274. The maximum atomic E-state index is 11.9. The largest absolute Gasteiger partial charge is 0.489 e. The highest BCUT2D eigenvalue weighted by Crippen LogP contribution is 2.79. The van der Waals surface area contributed by atoms with E-state index in [0.717, 1.165) is 31.4 Å². The van der Waals surface area contributed by atoms with Crippen LogP contribution in [0.4, 0.5) is 0 Å². The van der Waals surface area contributed by atoms with E-state index in [1.165, 1.54) is 0 Å². The van der Waals surface area contributed by atoms with Crippen molar-refractivity contribution in [2.24, 2.45) is 16.7 Å². The molecule has 2 aliphatic carbocycles. The van der Waals surface area contributed by atoms with Gasteiger partial charge in [-0.05, 0) is 32.3 Å². The van der Waals surface area contributed by atoms with Crippen LogP contribution in [0, 0.1) is 28.1 Å². The van der Waals surface area contributed by atoms with Crippen LogP contribution in [0.15, 0.2) is 24.0 Å². The van der Waals surface area contributed by atoms with Crippen molar-refractivity contribution < 1.29 is 14.3 Å². The average Bonchev–Trinajstić information content (AvgIpc) is 2.63. The van der Waals surface area contributed by atoms with Gasteiger partial charge in [0.1, 0.15) is 23.4 Å². The highest BCUT2D eigenvalue weighted by atomic mass is 16.6. The van der Waals surface area contributed by atoms with Crippen LogP contribution in [-0.2, 0) is 14.3 Å². The number of esters is 1. The van der Waals surface area contributed by atoms with Gasteiger partial charge in [0.2, 0.25) is 0 Å². The third-order valence-electron chi connectivity index (χ3n) is 5.71. The van der Waals surface area contributed by atoms with E-state index in [4.69, 9.17) is 9.47 Å². The van der Waals surface area contributed by atoms with Crippen molar-refractivity contribution in [1.29, 1.82) is 5.26 Å². The fourth-order valence-corrected chi connectivity index (χ4v) is 4.61. The second kappa shape index (κ2) is 4.87. The molecule has 0 spiro atoms. The summed E-state index contributed by atoms with van der Waals surface area (Å²) in [6.45, 7) is 9.51. The van der Waals surface area contributed by atoms with E-state index in [2.05, 4.69) is 32.6 Å². The lowest BCUT2D eigenvalue weighted by Gasteiger charge is -2.67. The Morgan fingerprint density at radius 1 is 1.59 bits per heavy atom. The summed E-state index contributed by atoms with van der Waals surface area (Å²) < 4.78 is 11.7. The Hall–Kier alpha value is -1.76. The molecule has 0 aromatic heterocycles. The normalized spacial score (nSPS) is 42.5. The van der Waals surface area contributed by atoms with Gasteiger partial charge < -0.3 is 9.47 Å². The van der Waals surface area contributed by atoms with Crippen molar-refractivity contribution in [1.82, 2.24) is 0 Å². The van der Waals surface area contributed by atoms with E-state index >= 15 is 0 Å². The maximum absolute atomic E-state index is 11.9. The Morgan fingerprint density at radius 3 is 2.86 bits per heavy atom. The highest BCUT2D eigenvalue weighted by Gasteiger charge is 2.84. The number of hydrogen-bond donors (Lipinski definition) is 0. The molecule has 5 unspecified atom stereocenters. The van der Waals surface area contributed by atoms with Crippen molar-refractivity contribution in [3.05, 3.63) is 24.0 Å². The number of hydrogen-bond acceptors (Lipinski definition) is 4. The summed E-state index contributed by atoms with van der Waals surface area (Å²) in [6.07, 6.45) is 5.21. The number of unbranched alkanes of at least 4 members (excludes halogenated alkanes) is 1. The Bertz CT molecular complexity index is 602. The first-order valence-electron chi connectivity index (χ1n) is 8.12. The maximum Gasteiger partial charge on any atom is 0.333 e. The van der Waals surface area contributed by atoms with Crippen molar-refractivity contribution >= 4 is 5.97 Å². The van der Waals surface area contributed by atoms with Gasteiger partial charge in [-0.1, -0.05) is 26.8 Å². The quantitative estimate of drug-likeness (QED) is 0.576. The van der Waals surface area contributed by atoms with Gasteiger partial charge in [0.25, 0.3) is 0 Å². The van der Waals surface area contributed by atoms with Crippen LogP contribution in [0.5, 0.6) is 0 Å². The van der Waals surface area contributed by atoms with Crippen LogP contribution in [0.3, 0.4) is 0 Å². The fraction of sp³-hybridized carbons (Fsp3) is 0.667. The molecule has 3 rings (SSSR count). The third-order valence-corrected chi connectivity index (χ3v) is 5.71. The van der Waals surface area contributed by atoms with Gasteiger partial charge in [-0.2, -0.15) is 5.26 Å². The van der Waals surface area contributed by atoms with E-state index in [1.54, 1.807) is 6.92 Å². The van der Waals surface area contributed by atoms with E-state index in [-0.39, 0.29) is 29.5 Å². The van der Waals surface area contributed by atoms with Crippen molar-refractivity contribution in [3.63, 3.8) is 0 Å². The average molecular weight is 301 g/mol. The van der Waals surface area contributed by atoms with Gasteiger partial charge in [0.05, 0.1) is 6.07 Å². The predicted octanol–water partition coefficient (Wildman–Crippen LogP) is 3.50. The molecule has 4 heteroatoms. The highest BCUT2D eigenvalue weighted by molar-refractivity contribution is 5.87. The lowest BCUT2D eigenvalue weighted by atomic mass is 9.34. The van der Waals surface area contributed by atoms with Crippen molar-refractivity contribution in [3.8, 4) is 6.07 Å². The number of carbonyl (C=O) groups is 1. The molecule has 2 saturated carbocycles. The molecule has 3 fully saturated rings. The molecule has 118 valence electrons. The molecule has 0 amide bonds. The Labute approximate surface area is 131 Å². The predicted molar refractivity (Wildman–Crippen MR) is 81.4 cm³/mol. The lowest BCUT2D eigenvalue weighted by Crippen LogP contribution is -2.75. The molecular formula is C18H23NO3. The molecule has 22 heavy (non-hydrogen) atoms. The van der Waals surface area contributed by atoms with E-state index in [0.29, 0.717) is 5.57 Å². The fourth-order valence-electron chi connectivity index (χ4n) is 4.61. The Morgan fingerprint density at radius 2 is 2.32 bits per heavy atom. The number of nitrogens with zero attached hydrogens (tertiary/aromatic N) is 1.